The number of amides is 1. The van der Waals surface area contributed by atoms with Crippen molar-refractivity contribution in [3.63, 3.8) is 0 Å². The van der Waals surface area contributed by atoms with Crippen molar-refractivity contribution in [3.05, 3.63) is 35.9 Å². The molecule has 2 atom stereocenters. The van der Waals surface area contributed by atoms with E-state index in [2.05, 4.69) is 5.32 Å². The first kappa shape index (κ1) is 25.4. The molecule has 1 amide bonds. The van der Waals surface area contributed by atoms with Crippen molar-refractivity contribution in [1.82, 2.24) is 5.32 Å². The van der Waals surface area contributed by atoms with Gasteiger partial charge in [-0.15, -0.1) is 0 Å². The number of hydrogen-bond donors (Lipinski definition) is 2. The fourth-order valence-corrected chi connectivity index (χ4v) is 2.41. The second-order valence-corrected chi connectivity index (χ2v) is 8.96. The van der Waals surface area contributed by atoms with E-state index < -0.39 is 47.8 Å². The van der Waals surface area contributed by atoms with Gasteiger partial charge in [0.15, 0.2) is 0 Å². The molecule has 8 nitrogen and oxygen atoms in total. The third kappa shape index (κ3) is 11.4. The maximum absolute atomic E-state index is 12.3. The molecule has 0 saturated heterocycles. The largest absolute Gasteiger partial charge is 0.461 e. The summed E-state index contributed by atoms with van der Waals surface area (Å²) in [4.78, 5) is 36.4. The van der Waals surface area contributed by atoms with E-state index in [0.717, 1.165) is 5.56 Å². The number of aliphatic hydroxyl groups excluding tert-OH is 1. The number of ether oxygens (including phenoxy) is 3. The number of alkyl carbamates (subject to hydrolysis) is 1. The third-order valence-corrected chi connectivity index (χ3v) is 3.59. The Morgan fingerprint density at radius 1 is 0.900 bits per heavy atom. The average Bonchev–Trinajstić information content (AvgIpc) is 2.57. The normalized spacial score (nSPS) is 13.7. The van der Waals surface area contributed by atoms with E-state index in [1.54, 1.807) is 53.7 Å². The molecule has 1 aromatic rings. The molecular weight excluding hydrogens is 390 g/mol. The van der Waals surface area contributed by atoms with Crippen molar-refractivity contribution in [2.45, 2.75) is 84.3 Å². The van der Waals surface area contributed by atoms with Crippen LogP contribution in [0.2, 0.25) is 0 Å². The monoisotopic (exact) mass is 423 g/mol. The molecule has 0 unspecified atom stereocenters. The Kier molecular flexibility index (Phi) is 9.29. The molecule has 2 N–H and O–H groups in total. The fraction of sp³-hybridized carbons (Fsp3) is 0.591. The fourth-order valence-electron chi connectivity index (χ4n) is 2.41. The minimum absolute atomic E-state index is 0.0565. The topological polar surface area (TPSA) is 111 Å². The van der Waals surface area contributed by atoms with Gasteiger partial charge in [0.2, 0.25) is 0 Å². The quantitative estimate of drug-likeness (QED) is 0.488. The minimum atomic E-state index is -1.36. The summed E-state index contributed by atoms with van der Waals surface area (Å²) in [6.45, 7) is 10.2. The summed E-state index contributed by atoms with van der Waals surface area (Å²) in [5, 5.41) is 12.9. The zero-order valence-corrected chi connectivity index (χ0v) is 18.6. The molecule has 0 aliphatic heterocycles. The molecule has 1 rings (SSSR count). The lowest BCUT2D eigenvalue weighted by atomic mass is 10.0. The Balaban J connectivity index is 2.76. The Labute approximate surface area is 177 Å². The van der Waals surface area contributed by atoms with E-state index in [1.165, 1.54) is 0 Å². The van der Waals surface area contributed by atoms with E-state index in [1.807, 2.05) is 18.2 Å². The minimum Gasteiger partial charge on any atom is -0.461 e. The number of hydrogen-bond acceptors (Lipinski definition) is 7. The SMILES string of the molecule is CC(C)(C)OC(=O)C[C@H](O)[C@H](CC(=O)OCc1ccccc1)NC(=O)OC(C)(C)C. The Morgan fingerprint density at radius 2 is 1.47 bits per heavy atom. The van der Waals surface area contributed by atoms with Crippen LogP contribution in [-0.2, 0) is 30.4 Å². The summed E-state index contributed by atoms with van der Waals surface area (Å²) in [7, 11) is 0. The molecule has 30 heavy (non-hydrogen) atoms. The second kappa shape index (κ2) is 11.0. The summed E-state index contributed by atoms with van der Waals surface area (Å²) in [6, 6.07) is 8.01. The average molecular weight is 424 g/mol. The molecule has 0 bridgehead atoms. The lowest BCUT2D eigenvalue weighted by Crippen LogP contribution is -2.47. The van der Waals surface area contributed by atoms with Gasteiger partial charge in [-0.1, -0.05) is 30.3 Å². The number of rotatable bonds is 8. The maximum atomic E-state index is 12.3. The number of esters is 2. The summed E-state index contributed by atoms with van der Waals surface area (Å²) < 4.78 is 15.6. The highest BCUT2D eigenvalue weighted by Crippen LogP contribution is 2.14. The lowest BCUT2D eigenvalue weighted by Gasteiger charge is -2.27. The van der Waals surface area contributed by atoms with Crippen LogP contribution in [0, 0.1) is 0 Å². The molecule has 0 saturated carbocycles. The molecule has 1 aromatic carbocycles. The van der Waals surface area contributed by atoms with Crippen molar-refractivity contribution >= 4 is 18.0 Å². The van der Waals surface area contributed by atoms with Crippen molar-refractivity contribution in [3.8, 4) is 0 Å². The number of nitrogens with one attached hydrogen (secondary N) is 1. The predicted molar refractivity (Wildman–Crippen MR) is 110 cm³/mol. The smallest absolute Gasteiger partial charge is 0.407 e. The first-order valence-electron chi connectivity index (χ1n) is 9.84. The second-order valence-electron chi connectivity index (χ2n) is 8.96. The van der Waals surface area contributed by atoms with E-state index in [4.69, 9.17) is 14.2 Å². The van der Waals surface area contributed by atoms with Crippen LogP contribution in [0.15, 0.2) is 30.3 Å². The Bertz CT molecular complexity index is 704. The van der Waals surface area contributed by atoms with E-state index in [0.29, 0.717) is 0 Å². The van der Waals surface area contributed by atoms with E-state index >= 15 is 0 Å². The van der Waals surface area contributed by atoms with Crippen LogP contribution in [-0.4, -0.2) is 46.5 Å². The first-order valence-corrected chi connectivity index (χ1v) is 9.84. The molecule has 0 radical (unpaired) electrons. The molecule has 0 heterocycles. The van der Waals surface area contributed by atoms with E-state index in [-0.39, 0.29) is 13.0 Å². The van der Waals surface area contributed by atoms with Crippen molar-refractivity contribution in [2.75, 3.05) is 0 Å². The predicted octanol–water partition coefficient (Wildman–Crippen LogP) is 3.11. The van der Waals surface area contributed by atoms with Gasteiger partial charge in [-0.2, -0.15) is 0 Å². The van der Waals surface area contributed by atoms with Crippen LogP contribution in [0.5, 0.6) is 0 Å². The zero-order chi connectivity index (χ0) is 22.9. The molecule has 0 fully saturated rings. The number of benzene rings is 1. The van der Waals surface area contributed by atoms with Gasteiger partial charge in [-0.05, 0) is 47.1 Å². The van der Waals surface area contributed by atoms with Gasteiger partial charge in [-0.3, -0.25) is 9.59 Å². The number of carbonyl (C=O) groups excluding carboxylic acids is 3. The molecule has 0 spiro atoms. The summed E-state index contributed by atoms with van der Waals surface area (Å²) >= 11 is 0. The van der Waals surface area contributed by atoms with Crippen molar-refractivity contribution in [1.29, 1.82) is 0 Å². The highest BCUT2D eigenvalue weighted by Gasteiger charge is 2.30. The standard InChI is InChI=1S/C22H33NO7/c1-21(2,3)29-19(26)13-17(24)16(23-20(27)30-22(4,5)6)12-18(25)28-14-15-10-8-7-9-11-15/h7-11,16-17,24H,12-14H2,1-6H3,(H,23,27)/t16-,17-/m0/s1. The van der Waals surface area contributed by atoms with Crippen molar-refractivity contribution in [2.24, 2.45) is 0 Å². The zero-order valence-electron chi connectivity index (χ0n) is 18.6. The molecular formula is C22H33NO7. The van der Waals surface area contributed by atoms with Gasteiger partial charge in [0.1, 0.15) is 17.8 Å². The summed E-state index contributed by atoms with van der Waals surface area (Å²) in [5.74, 6) is -1.29. The van der Waals surface area contributed by atoms with Crippen LogP contribution in [0.1, 0.15) is 59.9 Å². The van der Waals surface area contributed by atoms with Crippen molar-refractivity contribution < 1.29 is 33.7 Å². The molecule has 0 aromatic heterocycles. The maximum Gasteiger partial charge on any atom is 0.407 e. The molecule has 0 aliphatic rings. The van der Waals surface area contributed by atoms with Crippen LogP contribution in [0.4, 0.5) is 4.79 Å². The van der Waals surface area contributed by atoms with Gasteiger partial charge < -0.3 is 24.6 Å². The van der Waals surface area contributed by atoms with Gasteiger partial charge in [0.25, 0.3) is 0 Å². The number of carbonyl (C=O) groups is 3. The Morgan fingerprint density at radius 3 is 2.00 bits per heavy atom. The molecule has 8 heteroatoms. The van der Waals surface area contributed by atoms with Crippen LogP contribution < -0.4 is 5.32 Å². The van der Waals surface area contributed by atoms with E-state index in [9.17, 15) is 19.5 Å². The van der Waals surface area contributed by atoms with Gasteiger partial charge in [0, 0.05) is 0 Å². The molecule has 168 valence electrons. The number of aliphatic hydroxyl groups is 1. The van der Waals surface area contributed by atoms with Gasteiger partial charge in [-0.25, -0.2) is 4.79 Å². The van der Waals surface area contributed by atoms with Gasteiger partial charge in [0.05, 0.1) is 25.0 Å². The first-order chi connectivity index (χ1) is 13.7. The van der Waals surface area contributed by atoms with Gasteiger partial charge >= 0.3 is 18.0 Å². The molecule has 0 aliphatic carbocycles. The van der Waals surface area contributed by atoms with Crippen LogP contribution in [0.3, 0.4) is 0 Å². The summed E-state index contributed by atoms with van der Waals surface area (Å²) in [5.41, 5.74) is -0.685. The lowest BCUT2D eigenvalue weighted by molar-refractivity contribution is -0.158. The van der Waals surface area contributed by atoms with Crippen LogP contribution >= 0.6 is 0 Å². The van der Waals surface area contributed by atoms with Crippen LogP contribution in [0.25, 0.3) is 0 Å². The highest BCUT2D eigenvalue weighted by atomic mass is 16.6. The third-order valence-electron chi connectivity index (χ3n) is 3.59. The summed E-state index contributed by atoms with van der Waals surface area (Å²) in [6.07, 6.45) is -2.91. The Hall–Kier alpha value is -2.61. The highest BCUT2D eigenvalue weighted by molar-refractivity contribution is 5.74.